The molecular formula is C17H25N2O6P. The zero-order chi connectivity index (χ0) is 19.6. The first-order valence-electron chi connectivity index (χ1n) is 7.97. The molecule has 0 saturated carbocycles. The molecule has 0 spiro atoms. The summed E-state index contributed by atoms with van der Waals surface area (Å²) in [5.74, 6) is 2.57. The zero-order valence-electron chi connectivity index (χ0n) is 14.7. The van der Waals surface area contributed by atoms with Crippen molar-refractivity contribution in [3.8, 4) is 18.1 Å². The predicted molar refractivity (Wildman–Crippen MR) is 97.8 cm³/mol. The first kappa shape index (κ1) is 22.2. The summed E-state index contributed by atoms with van der Waals surface area (Å²) in [6, 6.07) is 7.15. The number of nitrogens with two attached hydrogens (primary N) is 1. The number of carbonyl (C=O) groups is 1. The summed E-state index contributed by atoms with van der Waals surface area (Å²) in [5, 5.41) is 0. The molecule has 1 rings (SSSR count). The van der Waals surface area contributed by atoms with E-state index in [1.54, 1.807) is 12.1 Å². The SMILES string of the molecule is C#CCN(C)[C@H](COCC(N)=O)Cc1ccc(OCCP(=O)(O)O)cc1. The average molecular weight is 384 g/mol. The smallest absolute Gasteiger partial charge is 0.328 e. The molecule has 9 heteroatoms. The molecule has 0 saturated heterocycles. The first-order valence-corrected chi connectivity index (χ1v) is 9.77. The minimum atomic E-state index is -4.06. The Hall–Kier alpha value is -1.88. The number of hydrogen-bond acceptors (Lipinski definition) is 5. The molecule has 0 aliphatic heterocycles. The number of nitrogens with zero attached hydrogens (tertiary/aromatic N) is 1. The standard InChI is InChI=1S/C17H25N2O6P/c1-3-8-19(2)15(12-24-13-17(18)20)11-14-4-6-16(7-5-14)25-9-10-26(21,22)23/h1,4-7,15H,8-13H2,2H3,(H2,18,20)(H2,21,22,23)/t15-/m0/s1. The van der Waals surface area contributed by atoms with Gasteiger partial charge in [-0.15, -0.1) is 6.42 Å². The van der Waals surface area contributed by atoms with Gasteiger partial charge in [0.15, 0.2) is 0 Å². The fraction of sp³-hybridized carbons (Fsp3) is 0.471. The van der Waals surface area contributed by atoms with Crippen LogP contribution in [0.5, 0.6) is 5.75 Å². The second-order valence-electron chi connectivity index (χ2n) is 5.84. The van der Waals surface area contributed by atoms with Crippen molar-refractivity contribution in [3.05, 3.63) is 29.8 Å². The summed E-state index contributed by atoms with van der Waals surface area (Å²) < 4.78 is 21.4. The van der Waals surface area contributed by atoms with Crippen molar-refractivity contribution in [2.75, 3.05) is 39.6 Å². The summed E-state index contributed by atoms with van der Waals surface area (Å²) in [6.45, 7) is 0.542. The van der Waals surface area contributed by atoms with Crippen LogP contribution >= 0.6 is 7.60 Å². The van der Waals surface area contributed by atoms with Crippen LogP contribution in [0.2, 0.25) is 0 Å². The third-order valence-corrected chi connectivity index (χ3v) is 4.33. The minimum Gasteiger partial charge on any atom is -0.493 e. The number of terminal acetylenes is 1. The third-order valence-electron chi connectivity index (χ3n) is 3.56. The van der Waals surface area contributed by atoms with E-state index in [9.17, 15) is 9.36 Å². The van der Waals surface area contributed by atoms with Gasteiger partial charge in [-0.05, 0) is 31.2 Å². The van der Waals surface area contributed by atoms with E-state index in [0.717, 1.165) is 5.56 Å². The van der Waals surface area contributed by atoms with Crippen molar-refractivity contribution >= 4 is 13.5 Å². The van der Waals surface area contributed by atoms with Gasteiger partial charge in [0.25, 0.3) is 0 Å². The molecule has 0 aromatic heterocycles. The molecule has 0 fully saturated rings. The van der Waals surface area contributed by atoms with E-state index in [2.05, 4.69) is 5.92 Å². The van der Waals surface area contributed by atoms with Crippen molar-refractivity contribution in [1.29, 1.82) is 0 Å². The number of rotatable bonds is 12. The van der Waals surface area contributed by atoms with Gasteiger partial charge in [-0.3, -0.25) is 14.3 Å². The van der Waals surface area contributed by atoms with Crippen molar-refractivity contribution in [2.24, 2.45) is 5.73 Å². The topological polar surface area (TPSA) is 122 Å². The van der Waals surface area contributed by atoms with Gasteiger partial charge in [-0.25, -0.2) is 0 Å². The van der Waals surface area contributed by atoms with Crippen LogP contribution in [0.4, 0.5) is 0 Å². The lowest BCUT2D eigenvalue weighted by Gasteiger charge is -2.26. The largest absolute Gasteiger partial charge is 0.493 e. The minimum absolute atomic E-state index is 0.0353. The van der Waals surface area contributed by atoms with Gasteiger partial charge in [0.1, 0.15) is 12.4 Å². The lowest BCUT2D eigenvalue weighted by molar-refractivity contribution is -0.123. The number of amides is 1. The van der Waals surface area contributed by atoms with Gasteiger partial charge in [-0.2, -0.15) is 0 Å². The second-order valence-corrected chi connectivity index (χ2v) is 7.62. The van der Waals surface area contributed by atoms with E-state index in [1.807, 2.05) is 24.1 Å². The number of likely N-dealkylation sites (N-methyl/N-ethyl adjacent to an activating group) is 1. The van der Waals surface area contributed by atoms with Gasteiger partial charge >= 0.3 is 7.60 Å². The van der Waals surface area contributed by atoms with Gasteiger partial charge in [0.05, 0.1) is 25.9 Å². The highest BCUT2D eigenvalue weighted by Gasteiger charge is 2.16. The highest BCUT2D eigenvalue weighted by Crippen LogP contribution is 2.33. The maximum Gasteiger partial charge on any atom is 0.328 e. The maximum absolute atomic E-state index is 10.8. The maximum atomic E-state index is 10.8. The van der Waals surface area contributed by atoms with Gasteiger partial charge in [-0.1, -0.05) is 18.1 Å². The van der Waals surface area contributed by atoms with Crippen LogP contribution in [-0.4, -0.2) is 66.2 Å². The fourth-order valence-electron chi connectivity index (χ4n) is 2.19. The quantitative estimate of drug-likeness (QED) is 0.348. The van der Waals surface area contributed by atoms with Crippen LogP contribution < -0.4 is 10.5 Å². The normalized spacial score (nSPS) is 12.6. The molecule has 1 aromatic carbocycles. The molecule has 0 radical (unpaired) electrons. The molecule has 0 unspecified atom stereocenters. The van der Waals surface area contributed by atoms with Crippen LogP contribution in [0.25, 0.3) is 0 Å². The average Bonchev–Trinajstić information content (AvgIpc) is 2.54. The van der Waals surface area contributed by atoms with Gasteiger partial charge < -0.3 is 25.0 Å². The molecule has 0 heterocycles. The lowest BCUT2D eigenvalue weighted by atomic mass is 10.1. The monoisotopic (exact) mass is 384 g/mol. The highest BCUT2D eigenvalue weighted by atomic mass is 31.2. The van der Waals surface area contributed by atoms with Gasteiger partial charge in [0, 0.05) is 6.04 Å². The Bertz CT molecular complexity index is 652. The molecule has 1 atom stereocenters. The van der Waals surface area contributed by atoms with E-state index in [0.29, 0.717) is 25.3 Å². The van der Waals surface area contributed by atoms with Crippen molar-refractivity contribution in [3.63, 3.8) is 0 Å². The summed E-state index contributed by atoms with van der Waals surface area (Å²) in [6.07, 6.45) is 5.67. The number of benzene rings is 1. The molecule has 144 valence electrons. The summed E-state index contributed by atoms with van der Waals surface area (Å²) in [4.78, 5) is 30.4. The Morgan fingerprint density at radius 3 is 2.58 bits per heavy atom. The van der Waals surface area contributed by atoms with E-state index in [-0.39, 0.29) is 25.4 Å². The van der Waals surface area contributed by atoms with Crippen LogP contribution in [0.3, 0.4) is 0 Å². The number of ether oxygens (including phenoxy) is 2. The molecule has 8 nitrogen and oxygen atoms in total. The van der Waals surface area contributed by atoms with Crippen LogP contribution in [0.15, 0.2) is 24.3 Å². The molecule has 1 amide bonds. The number of hydrogen-bond donors (Lipinski definition) is 3. The molecular weight excluding hydrogens is 359 g/mol. The van der Waals surface area contributed by atoms with Crippen molar-refractivity contribution < 1.29 is 28.6 Å². The molecule has 26 heavy (non-hydrogen) atoms. The highest BCUT2D eigenvalue weighted by molar-refractivity contribution is 7.51. The van der Waals surface area contributed by atoms with Gasteiger partial charge in [0.2, 0.25) is 5.91 Å². The van der Waals surface area contributed by atoms with E-state index >= 15 is 0 Å². The Morgan fingerprint density at radius 1 is 1.38 bits per heavy atom. The Labute approximate surface area is 153 Å². The first-order chi connectivity index (χ1) is 12.2. The Kier molecular flexibility index (Phi) is 9.35. The van der Waals surface area contributed by atoms with Crippen LogP contribution in [-0.2, 0) is 20.5 Å². The molecule has 4 N–H and O–H groups in total. The molecule has 0 aliphatic carbocycles. The van der Waals surface area contributed by atoms with E-state index in [4.69, 9.17) is 31.4 Å². The van der Waals surface area contributed by atoms with Crippen molar-refractivity contribution in [1.82, 2.24) is 4.90 Å². The summed E-state index contributed by atoms with van der Waals surface area (Å²) in [7, 11) is -2.19. The van der Waals surface area contributed by atoms with E-state index in [1.165, 1.54) is 0 Å². The second kappa shape index (κ2) is 11.0. The predicted octanol–water partition coefficient (Wildman–Crippen LogP) is 0.221. The molecule has 0 bridgehead atoms. The molecule has 1 aromatic rings. The number of primary amides is 1. The third kappa shape index (κ3) is 9.56. The number of carbonyl (C=O) groups excluding carboxylic acids is 1. The summed E-state index contributed by atoms with van der Waals surface area (Å²) in [5.41, 5.74) is 6.08. The fourth-order valence-corrected chi connectivity index (χ4v) is 2.52. The lowest BCUT2D eigenvalue weighted by Crippen LogP contribution is -2.38. The van der Waals surface area contributed by atoms with Crippen LogP contribution in [0, 0.1) is 12.3 Å². The zero-order valence-corrected chi connectivity index (χ0v) is 15.6. The summed E-state index contributed by atoms with van der Waals surface area (Å²) >= 11 is 0. The van der Waals surface area contributed by atoms with E-state index < -0.39 is 13.5 Å². The van der Waals surface area contributed by atoms with Crippen LogP contribution in [0.1, 0.15) is 5.56 Å². The van der Waals surface area contributed by atoms with Crippen molar-refractivity contribution in [2.45, 2.75) is 12.5 Å². The molecule has 0 aliphatic rings. The Balaban J connectivity index is 2.61. The Morgan fingerprint density at radius 2 is 2.04 bits per heavy atom.